The number of halogens is 2. The van der Waals surface area contributed by atoms with Crippen molar-refractivity contribution in [1.29, 1.82) is 0 Å². The average molecular weight is 727 g/mol. The van der Waals surface area contributed by atoms with Gasteiger partial charge in [-0.1, -0.05) is 12.1 Å². The lowest BCUT2D eigenvalue weighted by atomic mass is 9.71. The number of nitrogens with zero attached hydrogens (tertiary/aromatic N) is 6. The minimum absolute atomic E-state index is 0.272. The van der Waals surface area contributed by atoms with E-state index < -0.39 is 11.0 Å². The van der Waals surface area contributed by atoms with E-state index in [9.17, 15) is 8.60 Å². The molecule has 4 aromatic rings. The van der Waals surface area contributed by atoms with Gasteiger partial charge in [-0.05, 0) is 78.3 Å². The largest absolute Gasteiger partial charge is 0.494 e. The predicted molar refractivity (Wildman–Crippen MR) is 191 cm³/mol. The smallest absolute Gasteiger partial charge is 0.229 e. The third-order valence-corrected chi connectivity index (χ3v) is 10.3. The van der Waals surface area contributed by atoms with E-state index in [2.05, 4.69) is 63.3 Å². The highest BCUT2D eigenvalue weighted by molar-refractivity contribution is 9.10. The van der Waals surface area contributed by atoms with E-state index >= 15 is 0 Å². The van der Waals surface area contributed by atoms with Crippen LogP contribution in [-0.2, 0) is 18.0 Å². The molecule has 0 bridgehead atoms. The highest BCUT2D eigenvalue weighted by Gasteiger charge is 2.38. The molecule has 2 saturated heterocycles. The van der Waals surface area contributed by atoms with E-state index in [0.717, 1.165) is 80.1 Å². The summed E-state index contributed by atoms with van der Waals surface area (Å²) in [6.45, 7) is 4.13. The molecule has 11 nitrogen and oxygen atoms in total. The number of aromatic nitrogens is 4. The Hall–Kier alpha value is -3.75. The molecule has 2 aliphatic heterocycles. The maximum Gasteiger partial charge on any atom is 0.229 e. The van der Waals surface area contributed by atoms with E-state index in [-0.39, 0.29) is 6.67 Å². The predicted octanol–water partition coefficient (Wildman–Crippen LogP) is 6.49. The lowest BCUT2D eigenvalue weighted by Crippen LogP contribution is -2.47. The number of aryl methyl sites for hydroxylation is 1. The van der Waals surface area contributed by atoms with Crippen molar-refractivity contribution in [3.8, 4) is 16.9 Å². The van der Waals surface area contributed by atoms with Crippen LogP contribution >= 0.6 is 15.9 Å². The molecule has 14 heteroatoms. The first-order valence-corrected chi connectivity index (χ1v) is 18.1. The summed E-state index contributed by atoms with van der Waals surface area (Å²) in [5, 5.41) is 11.2. The zero-order valence-corrected chi connectivity index (χ0v) is 29.3. The minimum Gasteiger partial charge on any atom is -0.494 e. The second-order valence-corrected chi connectivity index (χ2v) is 14.2. The number of likely N-dealkylation sites (tertiary alicyclic amines) is 1. The van der Waals surface area contributed by atoms with E-state index in [1.165, 1.54) is 0 Å². The quantitative estimate of drug-likeness (QED) is 0.160. The van der Waals surface area contributed by atoms with Crippen LogP contribution in [0.3, 0.4) is 0 Å². The Morgan fingerprint density at radius 3 is 2.40 bits per heavy atom. The molecule has 0 aliphatic carbocycles. The third kappa shape index (κ3) is 7.71. The fourth-order valence-electron chi connectivity index (χ4n) is 6.58. The van der Waals surface area contributed by atoms with Gasteiger partial charge < -0.3 is 29.9 Å². The molecule has 1 spiro atoms. The molecule has 3 N–H and O–H groups in total. The molecule has 0 saturated carbocycles. The number of hydrogen-bond acceptors (Lipinski definition) is 9. The highest BCUT2D eigenvalue weighted by atomic mass is 79.9. The van der Waals surface area contributed by atoms with Crippen LogP contribution in [0.4, 0.5) is 38.9 Å². The first-order valence-electron chi connectivity index (χ1n) is 15.8. The van der Waals surface area contributed by atoms with Crippen LogP contribution < -0.4 is 25.0 Å². The van der Waals surface area contributed by atoms with Gasteiger partial charge in [-0.2, -0.15) is 10.1 Å². The maximum absolute atomic E-state index is 12.9. The van der Waals surface area contributed by atoms with Crippen molar-refractivity contribution in [2.45, 2.75) is 25.7 Å². The molecule has 2 aliphatic rings. The number of benzene rings is 2. The molecule has 0 radical (unpaired) electrons. The van der Waals surface area contributed by atoms with E-state index in [4.69, 9.17) is 9.72 Å². The monoisotopic (exact) mass is 725 g/mol. The number of para-hydroxylation sites is 2. The zero-order valence-electron chi connectivity index (χ0n) is 26.9. The number of hydrogen-bond donors (Lipinski definition) is 3. The third-order valence-electron chi connectivity index (χ3n) is 9.24. The fraction of sp³-hybridized carbons (Fsp3) is 0.424. The Kier molecular flexibility index (Phi) is 10.3. The van der Waals surface area contributed by atoms with Gasteiger partial charge in [0.05, 0.1) is 34.8 Å². The summed E-state index contributed by atoms with van der Waals surface area (Å²) in [5.41, 5.74) is 5.61. The van der Waals surface area contributed by atoms with Crippen LogP contribution in [0.15, 0.2) is 59.5 Å². The molecular weight excluding hydrogens is 685 g/mol. The molecule has 250 valence electrons. The van der Waals surface area contributed by atoms with E-state index in [1.54, 1.807) is 19.6 Å². The summed E-state index contributed by atoms with van der Waals surface area (Å²) >= 11 is 3.56. The van der Waals surface area contributed by atoms with Crippen molar-refractivity contribution in [3.63, 3.8) is 0 Å². The van der Waals surface area contributed by atoms with Gasteiger partial charge in [-0.3, -0.25) is 4.68 Å². The van der Waals surface area contributed by atoms with Crippen LogP contribution in [0.5, 0.6) is 5.75 Å². The molecule has 47 heavy (non-hydrogen) atoms. The lowest BCUT2D eigenvalue weighted by Gasteiger charge is -2.47. The summed E-state index contributed by atoms with van der Waals surface area (Å²) < 4.78 is 36.1. The van der Waals surface area contributed by atoms with E-state index in [1.807, 2.05) is 48.4 Å². The average Bonchev–Trinajstić information content (AvgIpc) is 3.51. The number of methoxy groups -OCH3 is 1. The van der Waals surface area contributed by atoms with Gasteiger partial charge in [0.1, 0.15) is 29.2 Å². The zero-order chi connectivity index (χ0) is 33.0. The number of anilines is 6. The van der Waals surface area contributed by atoms with Crippen LogP contribution in [0, 0.1) is 5.41 Å². The van der Waals surface area contributed by atoms with Crippen molar-refractivity contribution in [3.05, 3.63) is 59.5 Å². The molecule has 0 amide bonds. The number of piperidine rings is 2. The van der Waals surface area contributed by atoms with Gasteiger partial charge >= 0.3 is 0 Å². The summed E-state index contributed by atoms with van der Waals surface area (Å²) in [6.07, 6.45) is 11.7. The van der Waals surface area contributed by atoms with Crippen molar-refractivity contribution in [1.82, 2.24) is 24.6 Å². The molecular formula is C33H41BrFN9O2S. The summed E-state index contributed by atoms with van der Waals surface area (Å²) in [4.78, 5) is 14.0. The Balaban J connectivity index is 1.27. The number of ether oxygens (including phenoxy) is 1. The molecule has 2 fully saturated rings. The molecule has 2 aromatic carbocycles. The van der Waals surface area contributed by atoms with Crippen molar-refractivity contribution in [2.24, 2.45) is 12.5 Å². The Labute approximate surface area is 286 Å². The number of nitrogens with one attached hydrogen (secondary N) is 3. The lowest BCUT2D eigenvalue weighted by molar-refractivity contribution is 0.0764. The number of rotatable bonds is 11. The summed E-state index contributed by atoms with van der Waals surface area (Å²) in [6, 6.07) is 11.7. The molecule has 2 aromatic heterocycles. The van der Waals surface area contributed by atoms with Crippen molar-refractivity contribution in [2.75, 3.05) is 73.0 Å². The van der Waals surface area contributed by atoms with Gasteiger partial charge in [0.25, 0.3) is 0 Å². The Morgan fingerprint density at radius 2 is 1.74 bits per heavy atom. The first kappa shape index (κ1) is 33.2. The Bertz CT molecular complexity index is 1720. The maximum atomic E-state index is 12.9. The van der Waals surface area contributed by atoms with Gasteiger partial charge in [0.15, 0.2) is 0 Å². The minimum atomic E-state index is -1.23. The van der Waals surface area contributed by atoms with E-state index in [0.29, 0.717) is 39.6 Å². The Morgan fingerprint density at radius 1 is 1.02 bits per heavy atom. The second-order valence-electron chi connectivity index (χ2n) is 12.2. The van der Waals surface area contributed by atoms with Crippen molar-refractivity contribution < 1.29 is 13.3 Å². The molecule has 6 rings (SSSR count). The van der Waals surface area contributed by atoms with Crippen LogP contribution in [-0.4, -0.2) is 81.6 Å². The highest BCUT2D eigenvalue weighted by Crippen LogP contribution is 2.46. The normalized spacial score (nSPS) is 17.0. The topological polar surface area (TPSA) is 112 Å². The first-order chi connectivity index (χ1) is 22.8. The SMILES string of the molecule is COc1cc(N2CCC3(CCN(CCF)CC3)CC2)c(-c2cnn(C)c2)cc1Nc1ncc(Br)c(Nc2ccccc2NS(C)=O)n1. The number of alkyl halides is 1. The second kappa shape index (κ2) is 14.6. The van der Waals surface area contributed by atoms with Gasteiger partial charge in [0.2, 0.25) is 5.95 Å². The van der Waals surface area contributed by atoms with Gasteiger partial charge in [0, 0.05) is 68.2 Å². The fourth-order valence-corrected chi connectivity index (χ4v) is 7.36. The standard InChI is InChI=1S/C33H41BrFN9O2S/c1-42-22-23(20-37-42)24-18-28(39-32-36-21-25(34)31(40-32)38-26-6-4-5-7-27(26)41-47(3)45)30(46-2)19-29(24)44-15-10-33(11-16-44)8-13-43(14-9-33)17-12-35/h4-7,18-22,41H,8-17H2,1-3H3,(H2,36,38,39,40). The molecule has 1 atom stereocenters. The van der Waals surface area contributed by atoms with Crippen LogP contribution in [0.1, 0.15) is 25.7 Å². The molecule has 4 heterocycles. The molecule has 1 unspecified atom stereocenters. The summed E-state index contributed by atoms with van der Waals surface area (Å²) in [7, 11) is 2.35. The van der Waals surface area contributed by atoms with Crippen LogP contribution in [0.2, 0.25) is 0 Å². The van der Waals surface area contributed by atoms with Crippen LogP contribution in [0.25, 0.3) is 11.1 Å². The summed E-state index contributed by atoms with van der Waals surface area (Å²) in [5.74, 6) is 1.59. The van der Waals surface area contributed by atoms with Gasteiger partial charge in [-0.25, -0.2) is 13.6 Å². The van der Waals surface area contributed by atoms with Crippen molar-refractivity contribution >= 4 is 61.4 Å². The van der Waals surface area contributed by atoms with Gasteiger partial charge in [-0.15, -0.1) is 0 Å².